The van der Waals surface area contributed by atoms with Gasteiger partial charge in [-0.05, 0) is 37.1 Å². The summed E-state index contributed by atoms with van der Waals surface area (Å²) in [7, 11) is 0. The van der Waals surface area contributed by atoms with Crippen molar-refractivity contribution in [1.82, 2.24) is 4.90 Å². The number of aryl methyl sites for hydroxylation is 1. The van der Waals surface area contributed by atoms with E-state index in [0.29, 0.717) is 32.5 Å². The van der Waals surface area contributed by atoms with Crippen LogP contribution in [0.3, 0.4) is 0 Å². The Morgan fingerprint density at radius 3 is 2.83 bits per heavy atom. The SMILES string of the molecule is O=C(CCCc1cccs1)N1CCC2(CC1)[C@H](O)C[C@@H]2OCCO. The first-order valence-corrected chi connectivity index (χ1v) is 9.74. The Morgan fingerprint density at radius 2 is 2.21 bits per heavy atom. The van der Waals surface area contributed by atoms with Gasteiger partial charge in [0.2, 0.25) is 5.91 Å². The molecule has 0 aromatic carbocycles. The molecule has 134 valence electrons. The molecule has 24 heavy (non-hydrogen) atoms. The fourth-order valence-corrected chi connectivity index (χ4v) is 4.76. The van der Waals surface area contributed by atoms with Crippen LogP contribution in [-0.4, -0.2) is 59.5 Å². The van der Waals surface area contributed by atoms with E-state index in [1.807, 2.05) is 11.0 Å². The van der Waals surface area contributed by atoms with Gasteiger partial charge in [-0.15, -0.1) is 11.3 Å². The summed E-state index contributed by atoms with van der Waals surface area (Å²) < 4.78 is 5.68. The van der Waals surface area contributed by atoms with E-state index in [9.17, 15) is 9.90 Å². The highest BCUT2D eigenvalue weighted by Crippen LogP contribution is 2.50. The Kier molecular flexibility index (Phi) is 5.92. The molecule has 2 fully saturated rings. The molecule has 0 radical (unpaired) electrons. The van der Waals surface area contributed by atoms with Crippen molar-refractivity contribution in [3.05, 3.63) is 22.4 Å². The predicted molar refractivity (Wildman–Crippen MR) is 93.0 cm³/mol. The van der Waals surface area contributed by atoms with Crippen molar-refractivity contribution in [2.75, 3.05) is 26.3 Å². The maximum Gasteiger partial charge on any atom is 0.222 e. The first-order valence-electron chi connectivity index (χ1n) is 8.86. The molecule has 2 heterocycles. The third kappa shape index (κ3) is 3.67. The molecular weight excluding hydrogens is 326 g/mol. The summed E-state index contributed by atoms with van der Waals surface area (Å²) in [5.74, 6) is 0.225. The number of aliphatic hydroxyl groups is 2. The van der Waals surface area contributed by atoms with Crippen molar-refractivity contribution in [3.63, 3.8) is 0 Å². The smallest absolute Gasteiger partial charge is 0.222 e. The van der Waals surface area contributed by atoms with Crippen LogP contribution in [0.4, 0.5) is 0 Å². The molecule has 1 saturated carbocycles. The van der Waals surface area contributed by atoms with E-state index >= 15 is 0 Å². The summed E-state index contributed by atoms with van der Waals surface area (Å²) in [6.07, 6.45) is 4.38. The summed E-state index contributed by atoms with van der Waals surface area (Å²) in [6.45, 7) is 1.74. The average molecular weight is 353 g/mol. The second-order valence-electron chi connectivity index (χ2n) is 6.88. The molecule has 5 nitrogen and oxygen atoms in total. The average Bonchev–Trinajstić information content (AvgIpc) is 3.12. The zero-order valence-corrected chi connectivity index (χ0v) is 14.8. The van der Waals surface area contributed by atoms with E-state index in [1.165, 1.54) is 4.88 Å². The molecule has 1 saturated heterocycles. The van der Waals surface area contributed by atoms with E-state index in [2.05, 4.69) is 11.4 Å². The normalized spacial score (nSPS) is 25.7. The number of rotatable bonds is 7. The number of nitrogens with zero attached hydrogens (tertiary/aromatic N) is 1. The van der Waals surface area contributed by atoms with Crippen molar-refractivity contribution in [1.29, 1.82) is 0 Å². The van der Waals surface area contributed by atoms with E-state index < -0.39 is 0 Å². The molecule has 2 aliphatic rings. The second kappa shape index (κ2) is 7.95. The maximum atomic E-state index is 12.4. The van der Waals surface area contributed by atoms with Gasteiger partial charge in [0, 0.05) is 36.2 Å². The van der Waals surface area contributed by atoms with Gasteiger partial charge >= 0.3 is 0 Å². The first-order chi connectivity index (χ1) is 11.7. The molecule has 1 aromatic heterocycles. The van der Waals surface area contributed by atoms with E-state index in [0.717, 1.165) is 25.7 Å². The number of carbonyl (C=O) groups is 1. The van der Waals surface area contributed by atoms with Gasteiger partial charge in [-0.2, -0.15) is 0 Å². The lowest BCUT2D eigenvalue weighted by molar-refractivity contribution is -0.213. The minimum absolute atomic E-state index is 0.0114. The second-order valence-corrected chi connectivity index (χ2v) is 7.91. The van der Waals surface area contributed by atoms with Crippen LogP contribution >= 0.6 is 11.3 Å². The largest absolute Gasteiger partial charge is 0.394 e. The first kappa shape index (κ1) is 17.9. The van der Waals surface area contributed by atoms with Crippen LogP contribution in [0, 0.1) is 5.41 Å². The highest BCUT2D eigenvalue weighted by molar-refractivity contribution is 7.09. The highest BCUT2D eigenvalue weighted by Gasteiger charge is 2.56. The topological polar surface area (TPSA) is 70.0 Å². The minimum atomic E-state index is -0.336. The van der Waals surface area contributed by atoms with Gasteiger partial charge in [-0.1, -0.05) is 6.07 Å². The standard InChI is InChI=1S/C18H27NO4S/c20-10-11-23-16-13-15(21)18(16)6-8-19(9-7-18)17(22)5-1-3-14-4-2-12-24-14/h2,4,12,15-16,20-21H,1,3,5-11,13H2/t15-,16+/m1/s1. The van der Waals surface area contributed by atoms with Gasteiger partial charge in [0.1, 0.15) is 0 Å². The lowest BCUT2D eigenvalue weighted by atomic mass is 9.58. The molecule has 0 bridgehead atoms. The zero-order chi connectivity index (χ0) is 17.0. The molecule has 0 unspecified atom stereocenters. The van der Waals surface area contributed by atoms with Crippen LogP contribution in [-0.2, 0) is 16.0 Å². The monoisotopic (exact) mass is 353 g/mol. The number of hydrogen-bond donors (Lipinski definition) is 2. The van der Waals surface area contributed by atoms with Crippen molar-refractivity contribution in [3.8, 4) is 0 Å². The number of ether oxygens (including phenoxy) is 1. The molecule has 2 N–H and O–H groups in total. The molecule has 1 aliphatic heterocycles. The van der Waals surface area contributed by atoms with Gasteiger partial charge in [-0.3, -0.25) is 4.79 Å². The van der Waals surface area contributed by atoms with Gasteiger partial charge in [0.15, 0.2) is 0 Å². The zero-order valence-electron chi connectivity index (χ0n) is 14.0. The molecule has 3 rings (SSSR count). The van der Waals surface area contributed by atoms with Crippen LogP contribution in [0.15, 0.2) is 17.5 Å². The van der Waals surface area contributed by atoms with E-state index in [4.69, 9.17) is 9.84 Å². The Labute approximate surface area is 147 Å². The Hall–Kier alpha value is -0.950. The third-order valence-electron chi connectivity index (χ3n) is 5.59. The quantitative estimate of drug-likeness (QED) is 0.784. The third-order valence-corrected chi connectivity index (χ3v) is 6.53. The number of aliphatic hydroxyl groups excluding tert-OH is 2. The van der Waals surface area contributed by atoms with Crippen LogP contribution < -0.4 is 0 Å². The van der Waals surface area contributed by atoms with Gasteiger partial charge in [-0.25, -0.2) is 0 Å². The summed E-state index contributed by atoms with van der Waals surface area (Å²) in [4.78, 5) is 15.7. The molecule has 2 atom stereocenters. The fourth-order valence-electron chi connectivity index (χ4n) is 4.01. The summed E-state index contributed by atoms with van der Waals surface area (Å²) in [6, 6.07) is 4.16. The fraction of sp³-hybridized carbons (Fsp3) is 0.722. The number of carbonyl (C=O) groups excluding carboxylic acids is 1. The Morgan fingerprint density at radius 1 is 1.42 bits per heavy atom. The van der Waals surface area contributed by atoms with Gasteiger partial charge in [0.25, 0.3) is 0 Å². The maximum absolute atomic E-state index is 12.4. The lowest BCUT2D eigenvalue weighted by Gasteiger charge is -2.56. The molecule has 6 heteroatoms. The number of hydrogen-bond acceptors (Lipinski definition) is 5. The number of amides is 1. The van der Waals surface area contributed by atoms with Crippen molar-refractivity contribution in [2.24, 2.45) is 5.41 Å². The van der Waals surface area contributed by atoms with Crippen molar-refractivity contribution >= 4 is 17.2 Å². The molecule has 1 spiro atoms. The Balaban J connectivity index is 1.43. The number of piperidine rings is 1. The molecule has 1 aromatic rings. The van der Waals surface area contributed by atoms with Crippen LogP contribution in [0.25, 0.3) is 0 Å². The summed E-state index contributed by atoms with van der Waals surface area (Å²) in [5.41, 5.74) is -0.205. The van der Waals surface area contributed by atoms with Crippen LogP contribution in [0.1, 0.15) is 37.0 Å². The predicted octanol–water partition coefficient (Wildman–Crippen LogP) is 1.82. The molecular formula is C18H27NO4S. The highest BCUT2D eigenvalue weighted by atomic mass is 32.1. The summed E-state index contributed by atoms with van der Waals surface area (Å²) >= 11 is 1.74. The number of thiophene rings is 1. The number of likely N-dealkylation sites (tertiary alicyclic amines) is 1. The van der Waals surface area contributed by atoms with Crippen LogP contribution in [0.5, 0.6) is 0 Å². The molecule has 1 amide bonds. The Bertz CT molecular complexity index is 525. The lowest BCUT2D eigenvalue weighted by Crippen LogP contribution is -2.62. The summed E-state index contributed by atoms with van der Waals surface area (Å²) in [5, 5.41) is 21.2. The van der Waals surface area contributed by atoms with E-state index in [-0.39, 0.29) is 30.1 Å². The van der Waals surface area contributed by atoms with Crippen molar-refractivity contribution < 1.29 is 19.7 Å². The van der Waals surface area contributed by atoms with Crippen LogP contribution in [0.2, 0.25) is 0 Å². The minimum Gasteiger partial charge on any atom is -0.394 e. The van der Waals surface area contributed by atoms with Gasteiger partial charge < -0.3 is 19.8 Å². The van der Waals surface area contributed by atoms with Crippen molar-refractivity contribution in [2.45, 2.75) is 50.7 Å². The van der Waals surface area contributed by atoms with Gasteiger partial charge in [0.05, 0.1) is 25.4 Å². The van der Waals surface area contributed by atoms with E-state index in [1.54, 1.807) is 11.3 Å². The molecule has 1 aliphatic carbocycles.